The van der Waals surface area contributed by atoms with E-state index in [0.29, 0.717) is 22.4 Å². The van der Waals surface area contributed by atoms with E-state index in [1.165, 1.54) is 18.2 Å². The Morgan fingerprint density at radius 1 is 1.23 bits per heavy atom. The molecule has 39 heavy (non-hydrogen) atoms. The Bertz CT molecular complexity index is 1440. The van der Waals surface area contributed by atoms with Crippen molar-refractivity contribution in [3.8, 4) is 17.0 Å². The first-order valence-corrected chi connectivity index (χ1v) is 12.6. The number of fused-ring (bicyclic) bond motifs is 1. The van der Waals surface area contributed by atoms with E-state index in [0.717, 1.165) is 31.0 Å². The standard InChI is InChI=1S/C28H24ClF5N4O/c1-14(16-8-17(11-37-19-6-7-19)25(35)22(29)9-16)36-12-21(28(32,33)34)24-10-20-23(31)13-39-27(20)26(38-24)15-2-4-18(30)5-3-15/h2-5,8-11,19,21,23,36H,1,6-7,12-13,35H2. The average molecular weight is 563 g/mol. The van der Waals surface area contributed by atoms with Gasteiger partial charge in [0.15, 0.2) is 11.9 Å². The predicted octanol–water partition coefficient (Wildman–Crippen LogP) is 7.01. The lowest BCUT2D eigenvalue weighted by atomic mass is 9.98. The van der Waals surface area contributed by atoms with Crippen LogP contribution in [0.5, 0.6) is 5.75 Å². The third-order valence-corrected chi connectivity index (χ3v) is 6.92. The maximum absolute atomic E-state index is 14.6. The molecule has 5 rings (SSSR count). The lowest BCUT2D eigenvalue weighted by Gasteiger charge is -2.23. The Morgan fingerprint density at radius 3 is 2.62 bits per heavy atom. The molecule has 1 aliphatic carbocycles. The Morgan fingerprint density at radius 2 is 1.95 bits per heavy atom. The molecule has 0 radical (unpaired) electrons. The number of benzene rings is 2. The van der Waals surface area contributed by atoms with Crippen LogP contribution >= 0.6 is 11.6 Å². The number of pyridine rings is 1. The number of ether oxygens (including phenoxy) is 1. The molecule has 11 heteroatoms. The number of alkyl halides is 4. The van der Waals surface area contributed by atoms with Gasteiger partial charge in [-0.15, -0.1) is 0 Å². The van der Waals surface area contributed by atoms with Crippen LogP contribution in [0, 0.1) is 5.82 Å². The molecule has 1 aliphatic heterocycles. The van der Waals surface area contributed by atoms with E-state index in [-0.39, 0.29) is 40.4 Å². The number of nitrogens with zero attached hydrogens (tertiary/aromatic N) is 2. The van der Waals surface area contributed by atoms with Crippen LogP contribution in [0.4, 0.5) is 27.6 Å². The van der Waals surface area contributed by atoms with Gasteiger partial charge in [-0.1, -0.05) is 18.2 Å². The Balaban J connectivity index is 1.44. The van der Waals surface area contributed by atoms with Crippen LogP contribution in [0.1, 0.15) is 47.3 Å². The minimum absolute atomic E-state index is 0.0145. The first-order chi connectivity index (χ1) is 18.5. The van der Waals surface area contributed by atoms with E-state index in [2.05, 4.69) is 21.9 Å². The van der Waals surface area contributed by atoms with Crippen molar-refractivity contribution in [2.24, 2.45) is 4.99 Å². The predicted molar refractivity (Wildman–Crippen MR) is 141 cm³/mol. The molecule has 5 nitrogen and oxygen atoms in total. The second-order valence-corrected chi connectivity index (χ2v) is 9.93. The highest BCUT2D eigenvalue weighted by molar-refractivity contribution is 6.34. The summed E-state index contributed by atoms with van der Waals surface area (Å²) < 4.78 is 76.4. The van der Waals surface area contributed by atoms with Gasteiger partial charge in [-0.2, -0.15) is 13.2 Å². The van der Waals surface area contributed by atoms with Gasteiger partial charge in [0.25, 0.3) is 0 Å². The normalized spacial score (nSPS) is 17.6. The molecule has 1 fully saturated rings. The van der Waals surface area contributed by atoms with Crippen LogP contribution in [-0.2, 0) is 0 Å². The zero-order chi connectivity index (χ0) is 27.9. The molecule has 2 aromatic carbocycles. The molecule has 204 valence electrons. The summed E-state index contributed by atoms with van der Waals surface area (Å²) in [5, 5.41) is 2.95. The van der Waals surface area contributed by atoms with Gasteiger partial charge in [-0.25, -0.2) is 13.8 Å². The van der Waals surface area contributed by atoms with Gasteiger partial charge >= 0.3 is 6.18 Å². The molecule has 0 bridgehead atoms. The molecule has 0 spiro atoms. The van der Waals surface area contributed by atoms with Crippen LogP contribution in [0.3, 0.4) is 0 Å². The van der Waals surface area contributed by atoms with E-state index < -0.39 is 36.3 Å². The average Bonchev–Trinajstić information content (AvgIpc) is 3.65. The van der Waals surface area contributed by atoms with E-state index in [1.807, 2.05) is 0 Å². The number of aromatic nitrogens is 1. The Labute approximate surface area is 226 Å². The zero-order valence-electron chi connectivity index (χ0n) is 20.5. The monoisotopic (exact) mass is 562 g/mol. The van der Waals surface area contributed by atoms with Crippen LogP contribution in [0.2, 0.25) is 5.02 Å². The molecule has 3 N–H and O–H groups in total. The lowest BCUT2D eigenvalue weighted by molar-refractivity contribution is -0.149. The smallest absolute Gasteiger partial charge is 0.398 e. The maximum atomic E-state index is 14.6. The van der Waals surface area contributed by atoms with Crippen molar-refractivity contribution >= 4 is 29.2 Å². The summed E-state index contributed by atoms with van der Waals surface area (Å²) in [6, 6.07) is 9.48. The number of nitrogens with two attached hydrogens (primary N) is 1. The molecule has 0 saturated heterocycles. The van der Waals surface area contributed by atoms with Gasteiger partial charge in [-0.05, 0) is 60.9 Å². The number of nitrogens with one attached hydrogen (secondary N) is 1. The number of anilines is 1. The molecule has 2 heterocycles. The molecule has 2 aliphatic rings. The van der Waals surface area contributed by atoms with Gasteiger partial charge in [-0.3, -0.25) is 4.99 Å². The second-order valence-electron chi connectivity index (χ2n) is 9.52. The highest BCUT2D eigenvalue weighted by Gasteiger charge is 2.43. The summed E-state index contributed by atoms with van der Waals surface area (Å²) in [6.45, 7) is 2.90. The van der Waals surface area contributed by atoms with E-state index >= 15 is 0 Å². The summed E-state index contributed by atoms with van der Waals surface area (Å²) in [7, 11) is 0. The third-order valence-electron chi connectivity index (χ3n) is 6.60. The van der Waals surface area contributed by atoms with Crippen LogP contribution < -0.4 is 15.8 Å². The number of halogens is 6. The van der Waals surface area contributed by atoms with E-state index in [1.54, 1.807) is 12.3 Å². The first kappa shape index (κ1) is 26.9. The topological polar surface area (TPSA) is 72.5 Å². The molecule has 3 aromatic rings. The number of rotatable bonds is 8. The molecule has 2 atom stereocenters. The molecule has 1 saturated carbocycles. The SMILES string of the molecule is C=C(NCC(c1cc2c(c(-c3ccc(F)cc3)n1)OCC2F)C(F)(F)F)c1cc(Cl)c(N)c(C=NC2CC2)c1. The van der Waals surface area contributed by atoms with Crippen LogP contribution in [0.15, 0.2) is 54.0 Å². The van der Waals surface area contributed by atoms with Gasteiger partial charge in [0.2, 0.25) is 0 Å². The van der Waals surface area contributed by atoms with Crippen molar-refractivity contribution in [1.82, 2.24) is 10.3 Å². The molecule has 0 amide bonds. The highest BCUT2D eigenvalue weighted by Crippen LogP contribution is 2.44. The molecular formula is C28H24ClF5N4O. The van der Waals surface area contributed by atoms with Crippen molar-refractivity contribution < 1.29 is 26.7 Å². The van der Waals surface area contributed by atoms with Crippen molar-refractivity contribution in [1.29, 1.82) is 0 Å². The van der Waals surface area contributed by atoms with Crippen molar-refractivity contribution in [3.05, 3.63) is 82.3 Å². The van der Waals surface area contributed by atoms with Gasteiger partial charge < -0.3 is 15.8 Å². The summed E-state index contributed by atoms with van der Waals surface area (Å²) in [5.74, 6) is -2.60. The fraction of sp³-hybridized carbons (Fsp3) is 0.286. The zero-order valence-corrected chi connectivity index (χ0v) is 21.3. The summed E-state index contributed by atoms with van der Waals surface area (Å²) >= 11 is 6.26. The van der Waals surface area contributed by atoms with Crippen molar-refractivity contribution in [3.63, 3.8) is 0 Å². The van der Waals surface area contributed by atoms with E-state index in [9.17, 15) is 22.0 Å². The summed E-state index contributed by atoms with van der Waals surface area (Å²) in [6.07, 6.45) is -2.77. The lowest BCUT2D eigenvalue weighted by Crippen LogP contribution is -2.31. The summed E-state index contributed by atoms with van der Waals surface area (Å²) in [5.41, 5.74) is 7.41. The third kappa shape index (κ3) is 5.85. The number of hydrogen-bond donors (Lipinski definition) is 2. The van der Waals surface area contributed by atoms with Gasteiger partial charge in [0, 0.05) is 35.1 Å². The maximum Gasteiger partial charge on any atom is 0.398 e. The quantitative estimate of drug-likeness (QED) is 0.176. The highest BCUT2D eigenvalue weighted by atomic mass is 35.5. The minimum atomic E-state index is -4.74. The van der Waals surface area contributed by atoms with E-state index in [4.69, 9.17) is 22.1 Å². The van der Waals surface area contributed by atoms with Crippen LogP contribution in [0.25, 0.3) is 17.0 Å². The fourth-order valence-corrected chi connectivity index (χ4v) is 4.46. The first-order valence-electron chi connectivity index (χ1n) is 12.2. The summed E-state index contributed by atoms with van der Waals surface area (Å²) in [4.78, 5) is 8.62. The molecular weight excluding hydrogens is 539 g/mol. The number of nitrogen functional groups attached to an aromatic ring is 1. The molecule has 2 unspecified atom stereocenters. The number of aliphatic imine (C=N–C) groups is 1. The molecule has 1 aromatic heterocycles. The van der Waals surface area contributed by atoms with Crippen molar-refractivity contribution in [2.45, 2.75) is 37.1 Å². The van der Waals surface area contributed by atoms with Crippen molar-refractivity contribution in [2.75, 3.05) is 18.9 Å². The fourth-order valence-electron chi connectivity index (χ4n) is 4.23. The largest absolute Gasteiger partial charge is 0.487 e. The second kappa shape index (κ2) is 10.5. The minimum Gasteiger partial charge on any atom is -0.487 e. The van der Waals surface area contributed by atoms with Gasteiger partial charge in [0.05, 0.1) is 22.4 Å². The van der Waals surface area contributed by atoms with Crippen LogP contribution in [-0.4, -0.2) is 36.6 Å². The van der Waals surface area contributed by atoms with Gasteiger partial charge in [0.1, 0.15) is 24.0 Å². The Kier molecular flexibility index (Phi) is 7.24. The Hall–Kier alpha value is -3.66. The number of hydrogen-bond acceptors (Lipinski definition) is 5.